The summed E-state index contributed by atoms with van der Waals surface area (Å²) in [6.45, 7) is 0. The third-order valence-corrected chi connectivity index (χ3v) is 7.92. The van der Waals surface area contributed by atoms with Crippen molar-refractivity contribution < 1.29 is 19.1 Å². The van der Waals surface area contributed by atoms with Crippen LogP contribution in [0.4, 0.5) is 0 Å². The molecular weight excluding hydrogens is 399 g/mol. The lowest BCUT2D eigenvalue weighted by atomic mass is 10.4. The first kappa shape index (κ1) is 21.2. The summed E-state index contributed by atoms with van der Waals surface area (Å²) in [6.07, 6.45) is 0. The van der Waals surface area contributed by atoms with E-state index in [1.807, 2.05) is 91.0 Å². The fraction of sp³-hybridized carbons (Fsp3) is 0.0870. The molecule has 0 aliphatic carbocycles. The van der Waals surface area contributed by atoms with Gasteiger partial charge >= 0.3 is 11.9 Å². The molecule has 3 rings (SSSR count). The summed E-state index contributed by atoms with van der Waals surface area (Å²) in [5, 5.41) is 6.90. The van der Waals surface area contributed by atoms with Crippen LogP contribution < -0.4 is 15.9 Å². The molecule has 0 heterocycles. The van der Waals surface area contributed by atoms with E-state index in [2.05, 4.69) is 5.10 Å². The Hall–Kier alpha value is -3.50. The molecule has 0 N–H and O–H groups in total. The molecule has 0 spiro atoms. The summed E-state index contributed by atoms with van der Waals surface area (Å²) in [7, 11) is -0.335. The molecule has 0 aliphatic heterocycles. The predicted molar refractivity (Wildman–Crippen MR) is 119 cm³/mol. The van der Waals surface area contributed by atoms with Crippen LogP contribution in [-0.2, 0) is 19.1 Å². The van der Waals surface area contributed by atoms with Gasteiger partial charge in [-0.15, -0.1) is 5.10 Å². The first-order valence-electron chi connectivity index (χ1n) is 9.16. The average Bonchev–Trinajstić information content (AvgIpc) is 2.83. The molecule has 152 valence electrons. The maximum Gasteiger partial charge on any atom is 0.366 e. The van der Waals surface area contributed by atoms with E-state index in [0.717, 1.165) is 15.9 Å². The molecule has 0 atom stereocenters. The van der Waals surface area contributed by atoms with E-state index in [-0.39, 0.29) is 0 Å². The maximum absolute atomic E-state index is 12.1. The summed E-state index contributed by atoms with van der Waals surface area (Å²) >= 11 is 0. The molecule has 30 heavy (non-hydrogen) atoms. The van der Waals surface area contributed by atoms with Crippen molar-refractivity contribution in [3.05, 3.63) is 91.0 Å². The fourth-order valence-corrected chi connectivity index (χ4v) is 6.24. The third kappa shape index (κ3) is 4.24. The van der Waals surface area contributed by atoms with Crippen LogP contribution in [0.3, 0.4) is 0 Å². The van der Waals surface area contributed by atoms with Crippen LogP contribution >= 0.6 is 7.05 Å². The summed E-state index contributed by atoms with van der Waals surface area (Å²) in [4.78, 5) is 29.0. The van der Waals surface area contributed by atoms with Crippen molar-refractivity contribution in [3.63, 3.8) is 0 Å². The molecule has 0 aromatic heterocycles. The van der Waals surface area contributed by atoms with Crippen LogP contribution in [0.15, 0.2) is 101 Å². The number of hydrogen-bond donors (Lipinski definition) is 0. The van der Waals surface area contributed by atoms with Gasteiger partial charge in [0, 0.05) is 15.9 Å². The molecule has 0 bridgehead atoms. The highest BCUT2D eigenvalue weighted by atomic mass is 31.2. The van der Waals surface area contributed by atoms with Crippen LogP contribution in [0, 0.1) is 0 Å². The van der Waals surface area contributed by atoms with Crippen molar-refractivity contribution in [3.8, 4) is 0 Å². The van der Waals surface area contributed by atoms with Crippen molar-refractivity contribution in [2.45, 2.75) is 0 Å². The molecular formula is C23H21N2O4P. The number of ether oxygens (including phenoxy) is 2. The van der Waals surface area contributed by atoms with Crippen molar-refractivity contribution in [1.29, 1.82) is 0 Å². The number of methoxy groups -OCH3 is 2. The van der Waals surface area contributed by atoms with E-state index in [4.69, 9.17) is 14.3 Å². The molecule has 6 nitrogen and oxygen atoms in total. The second-order valence-corrected chi connectivity index (χ2v) is 9.16. The van der Waals surface area contributed by atoms with Gasteiger partial charge in [0.05, 0.1) is 21.3 Å². The lowest BCUT2D eigenvalue weighted by Crippen LogP contribution is -2.28. The lowest BCUT2D eigenvalue weighted by Gasteiger charge is -2.25. The fourth-order valence-electron chi connectivity index (χ4n) is 3.00. The van der Waals surface area contributed by atoms with Gasteiger partial charge in [-0.1, -0.05) is 91.0 Å². The second-order valence-electron chi connectivity index (χ2n) is 6.16. The van der Waals surface area contributed by atoms with E-state index < -0.39 is 24.7 Å². The number of hydrogen-bond acceptors (Lipinski definition) is 5. The Labute approximate surface area is 175 Å². The Morgan fingerprint density at radius 3 is 1.27 bits per heavy atom. The van der Waals surface area contributed by atoms with E-state index in [0.29, 0.717) is 0 Å². The van der Waals surface area contributed by atoms with Gasteiger partial charge < -0.3 is 9.47 Å². The van der Waals surface area contributed by atoms with E-state index in [1.54, 1.807) is 0 Å². The Balaban J connectivity index is 2.42. The minimum atomic E-state index is -2.69. The number of rotatable bonds is 6. The highest BCUT2D eigenvalue weighted by Crippen LogP contribution is 2.46. The molecule has 0 saturated heterocycles. The Bertz CT molecular complexity index is 976. The largest absolute Gasteiger partial charge is 0.464 e. The molecule has 0 radical (unpaired) electrons. The summed E-state index contributed by atoms with van der Waals surface area (Å²) < 4.78 is 9.40. The number of carbonyl (C=O) groups is 2. The summed E-state index contributed by atoms with van der Waals surface area (Å²) in [6, 6.07) is 29.2. The molecule has 0 unspecified atom stereocenters. The molecule has 0 amide bonds. The van der Waals surface area contributed by atoms with Gasteiger partial charge in [-0.3, -0.25) is 0 Å². The minimum Gasteiger partial charge on any atom is -0.464 e. The quantitative estimate of drug-likeness (QED) is 0.202. The monoisotopic (exact) mass is 420 g/mol. The standard InChI is InChI=1S/C23H21N2O4P/c1-28-22(26)21(23(27)29-2)24-25-30(18-12-6-3-7-13-18,19-14-8-4-9-15-19)20-16-10-5-11-17-20/h3-17H,1-2H3. The van der Waals surface area contributed by atoms with Gasteiger partial charge in [0.15, 0.2) is 0 Å². The van der Waals surface area contributed by atoms with Crippen LogP contribution in [0.5, 0.6) is 0 Å². The van der Waals surface area contributed by atoms with Gasteiger partial charge in [0.1, 0.15) is 0 Å². The van der Waals surface area contributed by atoms with Gasteiger partial charge in [0.2, 0.25) is 0 Å². The number of carbonyl (C=O) groups excluding carboxylic acids is 2. The Morgan fingerprint density at radius 1 is 0.633 bits per heavy atom. The van der Waals surface area contributed by atoms with Crippen molar-refractivity contribution >= 4 is 40.6 Å². The van der Waals surface area contributed by atoms with Gasteiger partial charge in [-0.2, -0.15) is 4.85 Å². The van der Waals surface area contributed by atoms with Crippen LogP contribution in [0.2, 0.25) is 0 Å². The van der Waals surface area contributed by atoms with Crippen LogP contribution in [0.1, 0.15) is 0 Å². The first-order valence-corrected chi connectivity index (χ1v) is 10.9. The minimum absolute atomic E-state index is 0.507. The molecule has 0 aliphatic rings. The average molecular weight is 420 g/mol. The predicted octanol–water partition coefficient (Wildman–Crippen LogP) is 2.87. The van der Waals surface area contributed by atoms with Gasteiger partial charge in [-0.05, 0) is 0 Å². The van der Waals surface area contributed by atoms with E-state index in [9.17, 15) is 9.59 Å². The number of esters is 2. The van der Waals surface area contributed by atoms with Crippen LogP contribution in [0.25, 0.3) is 0 Å². The highest BCUT2D eigenvalue weighted by Gasteiger charge is 2.29. The molecule has 0 fully saturated rings. The van der Waals surface area contributed by atoms with Crippen molar-refractivity contribution in [1.82, 2.24) is 0 Å². The third-order valence-electron chi connectivity index (χ3n) is 4.43. The highest BCUT2D eigenvalue weighted by molar-refractivity contribution is 7.87. The molecule has 7 heteroatoms. The SMILES string of the molecule is COC(=O)C(=NN=P(c1ccccc1)(c1ccccc1)c1ccccc1)C(=O)OC. The van der Waals surface area contributed by atoms with Crippen molar-refractivity contribution in [2.75, 3.05) is 14.2 Å². The Morgan fingerprint density at radius 2 is 0.967 bits per heavy atom. The number of benzene rings is 3. The van der Waals surface area contributed by atoms with Gasteiger partial charge in [-0.25, -0.2) is 9.59 Å². The maximum atomic E-state index is 12.1. The zero-order valence-electron chi connectivity index (χ0n) is 16.6. The summed E-state index contributed by atoms with van der Waals surface area (Å²) in [5.41, 5.74) is -0.507. The molecule has 3 aromatic rings. The molecule has 3 aromatic carbocycles. The first-order chi connectivity index (χ1) is 14.6. The summed E-state index contributed by atoms with van der Waals surface area (Å²) in [5.74, 6) is -1.81. The second kappa shape index (κ2) is 9.81. The van der Waals surface area contributed by atoms with E-state index >= 15 is 0 Å². The lowest BCUT2D eigenvalue weighted by molar-refractivity contribution is -0.138. The van der Waals surface area contributed by atoms with Crippen LogP contribution in [-0.4, -0.2) is 31.9 Å². The zero-order chi connectivity index (χ0) is 21.4. The number of nitrogens with zero attached hydrogens (tertiary/aromatic N) is 2. The van der Waals surface area contributed by atoms with E-state index in [1.165, 1.54) is 14.2 Å². The Kier molecular flexibility index (Phi) is 6.94. The van der Waals surface area contributed by atoms with Gasteiger partial charge in [0.25, 0.3) is 5.71 Å². The topological polar surface area (TPSA) is 77.3 Å². The smallest absolute Gasteiger partial charge is 0.366 e. The molecule has 0 saturated carbocycles. The zero-order valence-corrected chi connectivity index (χ0v) is 17.5. The van der Waals surface area contributed by atoms with Crippen molar-refractivity contribution in [2.24, 2.45) is 9.96 Å². The normalized spacial score (nSPS) is 10.6.